The highest BCUT2D eigenvalue weighted by atomic mass is 15.0. The average Bonchev–Trinajstić information content (AvgIpc) is 2.91. The maximum absolute atomic E-state index is 4.27. The van der Waals surface area contributed by atoms with Gasteiger partial charge in [-0.15, -0.1) is 0 Å². The van der Waals surface area contributed by atoms with Crippen LogP contribution in [0.15, 0.2) is 91.1 Å². The van der Waals surface area contributed by atoms with Crippen molar-refractivity contribution in [1.29, 1.82) is 0 Å². The van der Waals surface area contributed by atoms with Crippen molar-refractivity contribution in [2.45, 2.75) is 13.8 Å². The topological polar surface area (TPSA) is 4.93 Å². The van der Waals surface area contributed by atoms with Crippen molar-refractivity contribution in [2.24, 2.45) is 0 Å². The SMILES string of the molecule is C=C(/C=C\C)C(=C)/C(=C\C)n1c2ccccc2c2ccccc21. The van der Waals surface area contributed by atoms with Crippen LogP contribution >= 0.6 is 0 Å². The molecule has 0 atom stereocenters. The Kier molecular flexibility index (Phi) is 4.03. The lowest BCUT2D eigenvalue weighted by Gasteiger charge is -2.15. The first-order chi connectivity index (χ1) is 11.2. The number of rotatable bonds is 4. The number of hydrogen-bond acceptors (Lipinski definition) is 0. The number of para-hydroxylation sites is 2. The van der Waals surface area contributed by atoms with E-state index in [1.807, 2.05) is 26.0 Å². The molecule has 114 valence electrons. The molecule has 0 amide bonds. The van der Waals surface area contributed by atoms with Crippen LogP contribution in [0.25, 0.3) is 27.5 Å². The van der Waals surface area contributed by atoms with Gasteiger partial charge in [0, 0.05) is 16.5 Å². The quantitative estimate of drug-likeness (QED) is 0.495. The molecule has 0 unspecified atom stereocenters. The summed E-state index contributed by atoms with van der Waals surface area (Å²) in [5, 5.41) is 2.51. The van der Waals surface area contributed by atoms with Crippen molar-refractivity contribution in [1.82, 2.24) is 4.57 Å². The van der Waals surface area contributed by atoms with E-state index in [1.165, 1.54) is 21.8 Å². The molecule has 0 aliphatic rings. The Labute approximate surface area is 137 Å². The molecule has 2 aromatic carbocycles. The molecule has 0 spiro atoms. The maximum atomic E-state index is 4.27. The van der Waals surface area contributed by atoms with Gasteiger partial charge in [-0.3, -0.25) is 0 Å². The Balaban J connectivity index is 2.33. The minimum atomic E-state index is 0.933. The molecular formula is C22H21N. The van der Waals surface area contributed by atoms with Crippen molar-refractivity contribution in [3.8, 4) is 0 Å². The Hall–Kier alpha value is -2.80. The molecule has 0 aliphatic carbocycles. The fourth-order valence-electron chi connectivity index (χ4n) is 3.09. The van der Waals surface area contributed by atoms with Gasteiger partial charge in [0.1, 0.15) is 0 Å². The lowest BCUT2D eigenvalue weighted by molar-refractivity contribution is 1.21. The molecule has 1 nitrogen and oxygen atoms in total. The lowest BCUT2D eigenvalue weighted by Crippen LogP contribution is -2.00. The van der Waals surface area contributed by atoms with Crippen LogP contribution in [-0.2, 0) is 0 Å². The summed E-state index contributed by atoms with van der Waals surface area (Å²) in [4.78, 5) is 0. The van der Waals surface area contributed by atoms with Gasteiger partial charge in [0.2, 0.25) is 0 Å². The molecule has 23 heavy (non-hydrogen) atoms. The third kappa shape index (κ3) is 2.44. The smallest absolute Gasteiger partial charge is 0.0541 e. The highest BCUT2D eigenvalue weighted by Gasteiger charge is 2.14. The van der Waals surface area contributed by atoms with Gasteiger partial charge in [-0.2, -0.15) is 0 Å². The third-order valence-electron chi connectivity index (χ3n) is 4.16. The summed E-state index contributed by atoms with van der Waals surface area (Å²) in [6.45, 7) is 12.5. The predicted molar refractivity (Wildman–Crippen MR) is 102 cm³/mol. The molecule has 0 radical (unpaired) electrons. The second-order valence-electron chi connectivity index (χ2n) is 5.55. The van der Waals surface area contributed by atoms with Gasteiger partial charge in [-0.05, 0) is 37.1 Å². The van der Waals surface area contributed by atoms with Crippen LogP contribution in [-0.4, -0.2) is 4.57 Å². The molecule has 1 heterocycles. The zero-order chi connectivity index (χ0) is 16.4. The minimum Gasteiger partial charge on any atom is -0.309 e. The van der Waals surface area contributed by atoms with E-state index in [9.17, 15) is 0 Å². The first kappa shape index (κ1) is 15.1. The molecule has 1 aromatic heterocycles. The van der Waals surface area contributed by atoms with E-state index in [-0.39, 0.29) is 0 Å². The van der Waals surface area contributed by atoms with Crippen LogP contribution in [0.1, 0.15) is 13.8 Å². The molecule has 3 aromatic rings. The van der Waals surface area contributed by atoms with Gasteiger partial charge in [0.25, 0.3) is 0 Å². The Morgan fingerprint density at radius 2 is 1.39 bits per heavy atom. The number of hydrogen-bond donors (Lipinski definition) is 0. The highest BCUT2D eigenvalue weighted by molar-refractivity contribution is 6.10. The van der Waals surface area contributed by atoms with Crippen LogP contribution in [0.3, 0.4) is 0 Å². The van der Waals surface area contributed by atoms with Gasteiger partial charge >= 0.3 is 0 Å². The molecule has 0 N–H and O–H groups in total. The van der Waals surface area contributed by atoms with Gasteiger partial charge in [0.05, 0.1) is 11.0 Å². The number of benzene rings is 2. The Morgan fingerprint density at radius 3 is 1.87 bits per heavy atom. The molecule has 0 bridgehead atoms. The van der Waals surface area contributed by atoms with Gasteiger partial charge in [-0.1, -0.05) is 67.8 Å². The summed E-state index contributed by atoms with van der Waals surface area (Å²) in [7, 11) is 0. The Morgan fingerprint density at radius 1 is 0.870 bits per heavy atom. The van der Waals surface area contributed by atoms with E-state index >= 15 is 0 Å². The van der Waals surface area contributed by atoms with Crippen molar-refractivity contribution >= 4 is 27.5 Å². The first-order valence-electron chi connectivity index (χ1n) is 7.85. The average molecular weight is 299 g/mol. The monoisotopic (exact) mass is 299 g/mol. The van der Waals surface area contributed by atoms with Crippen molar-refractivity contribution in [3.05, 3.63) is 91.1 Å². The van der Waals surface area contributed by atoms with E-state index in [1.54, 1.807) is 0 Å². The molecule has 0 fully saturated rings. The van der Waals surface area contributed by atoms with Gasteiger partial charge in [0.15, 0.2) is 0 Å². The van der Waals surface area contributed by atoms with Gasteiger partial charge < -0.3 is 4.57 Å². The summed E-state index contributed by atoms with van der Waals surface area (Å²) in [5.41, 5.74) is 5.33. The minimum absolute atomic E-state index is 0.933. The van der Waals surface area contributed by atoms with E-state index in [0.717, 1.165) is 16.8 Å². The van der Waals surface area contributed by atoms with Crippen molar-refractivity contribution in [3.63, 3.8) is 0 Å². The fraction of sp³-hybridized carbons (Fsp3) is 0.0909. The number of fused-ring (bicyclic) bond motifs is 3. The summed E-state index contributed by atoms with van der Waals surface area (Å²) < 4.78 is 2.28. The third-order valence-corrected chi connectivity index (χ3v) is 4.16. The first-order valence-corrected chi connectivity index (χ1v) is 7.85. The predicted octanol–water partition coefficient (Wildman–Crippen LogP) is 6.34. The summed E-state index contributed by atoms with van der Waals surface area (Å²) >= 11 is 0. The molecule has 3 rings (SSSR count). The molecule has 0 aliphatic heterocycles. The molecule has 1 heteroatoms. The van der Waals surface area contributed by atoms with E-state index in [0.29, 0.717) is 0 Å². The summed E-state index contributed by atoms with van der Waals surface area (Å²) in [5.74, 6) is 0. The van der Waals surface area contributed by atoms with Crippen molar-refractivity contribution in [2.75, 3.05) is 0 Å². The Bertz CT molecular complexity index is 911. The highest BCUT2D eigenvalue weighted by Crippen LogP contribution is 2.34. The normalized spacial score (nSPS) is 12.3. The number of nitrogens with zero attached hydrogens (tertiary/aromatic N) is 1. The lowest BCUT2D eigenvalue weighted by atomic mass is 10.1. The molecule has 0 saturated heterocycles. The van der Waals surface area contributed by atoms with Crippen LogP contribution in [0.5, 0.6) is 0 Å². The zero-order valence-electron chi connectivity index (χ0n) is 13.7. The number of allylic oxidation sites excluding steroid dienone is 6. The largest absolute Gasteiger partial charge is 0.309 e. The van der Waals surface area contributed by atoms with Crippen LogP contribution in [0.4, 0.5) is 0 Å². The zero-order valence-corrected chi connectivity index (χ0v) is 13.7. The summed E-state index contributed by atoms with van der Waals surface area (Å²) in [6, 6.07) is 17.0. The van der Waals surface area contributed by atoms with E-state index in [4.69, 9.17) is 0 Å². The van der Waals surface area contributed by atoms with Gasteiger partial charge in [-0.25, -0.2) is 0 Å². The summed E-state index contributed by atoms with van der Waals surface area (Å²) in [6.07, 6.45) is 6.10. The van der Waals surface area contributed by atoms with E-state index < -0.39 is 0 Å². The number of aromatic nitrogens is 1. The standard InChI is InChI=1S/C22H21N/c1-5-11-16(3)17(4)20(6-2)23-21-14-9-7-12-18(21)19-13-8-10-15-22(19)23/h5-15H,3-4H2,1-2H3/b11-5-,20-6+. The fourth-order valence-corrected chi connectivity index (χ4v) is 3.09. The maximum Gasteiger partial charge on any atom is 0.0541 e. The second-order valence-corrected chi connectivity index (χ2v) is 5.55. The van der Waals surface area contributed by atoms with Crippen LogP contribution in [0, 0.1) is 0 Å². The molecule has 0 saturated carbocycles. The van der Waals surface area contributed by atoms with Crippen molar-refractivity contribution < 1.29 is 0 Å². The van der Waals surface area contributed by atoms with Crippen LogP contribution < -0.4 is 0 Å². The second kappa shape index (κ2) is 6.13. The van der Waals surface area contributed by atoms with E-state index in [2.05, 4.69) is 72.3 Å². The molecular weight excluding hydrogens is 278 g/mol. The van der Waals surface area contributed by atoms with Crippen LogP contribution in [0.2, 0.25) is 0 Å².